The number of alkyl halides is 3. The van der Waals surface area contributed by atoms with Gasteiger partial charge in [-0.3, -0.25) is 4.79 Å². The van der Waals surface area contributed by atoms with E-state index in [2.05, 4.69) is 0 Å². The van der Waals surface area contributed by atoms with Crippen LogP contribution in [0.25, 0.3) is 11.1 Å². The Morgan fingerprint density at radius 1 is 0.950 bits per heavy atom. The molecule has 214 valence electrons. The van der Waals surface area contributed by atoms with Crippen molar-refractivity contribution in [2.75, 3.05) is 6.61 Å². The van der Waals surface area contributed by atoms with E-state index in [9.17, 15) is 38.1 Å². The number of carbonyl (C=O) groups is 2. The molecule has 0 saturated heterocycles. The van der Waals surface area contributed by atoms with Gasteiger partial charge in [0, 0.05) is 5.56 Å². The maximum Gasteiger partial charge on any atom is 0.419 e. The van der Waals surface area contributed by atoms with Crippen LogP contribution in [0.1, 0.15) is 66.2 Å². The molecule has 0 saturated carbocycles. The summed E-state index contributed by atoms with van der Waals surface area (Å²) in [7, 11) is 0. The maximum absolute atomic E-state index is 13.4. The molecule has 3 aromatic rings. The highest BCUT2D eigenvalue weighted by molar-refractivity contribution is 5.95. The third kappa shape index (κ3) is 7.12. The zero-order chi connectivity index (χ0) is 29.8. The van der Waals surface area contributed by atoms with Crippen LogP contribution in [0.2, 0.25) is 0 Å². The molecule has 0 fully saturated rings. The lowest BCUT2D eigenvalue weighted by molar-refractivity contribution is -0.140. The highest BCUT2D eigenvalue weighted by Gasteiger charge is 2.37. The second-order valence-electron chi connectivity index (χ2n) is 10.2. The lowest BCUT2D eigenvalue weighted by atomic mass is 9.91. The van der Waals surface area contributed by atoms with E-state index in [-0.39, 0.29) is 12.2 Å². The maximum atomic E-state index is 13.4. The number of hydrogen-bond acceptors (Lipinski definition) is 6. The van der Waals surface area contributed by atoms with Crippen molar-refractivity contribution in [2.24, 2.45) is 0 Å². The number of carboxylic acid groups (broad SMARTS) is 1. The molecule has 1 atom stereocenters. The van der Waals surface area contributed by atoms with Crippen molar-refractivity contribution in [3.05, 3.63) is 82.4 Å². The lowest BCUT2D eigenvalue weighted by Gasteiger charge is -2.22. The van der Waals surface area contributed by atoms with Crippen molar-refractivity contribution in [1.82, 2.24) is 0 Å². The van der Waals surface area contributed by atoms with Crippen molar-refractivity contribution in [2.45, 2.75) is 58.4 Å². The van der Waals surface area contributed by atoms with Gasteiger partial charge in [0.15, 0.2) is 0 Å². The molecule has 0 bridgehead atoms. The summed E-state index contributed by atoms with van der Waals surface area (Å²) in [5, 5.41) is 29.1. The van der Waals surface area contributed by atoms with Crippen LogP contribution in [0.4, 0.5) is 13.2 Å². The zero-order valence-corrected chi connectivity index (χ0v) is 22.5. The number of aromatic hydroxyl groups is 1. The fourth-order valence-electron chi connectivity index (χ4n) is 4.16. The van der Waals surface area contributed by atoms with Crippen molar-refractivity contribution >= 4 is 11.9 Å². The molecule has 7 nitrogen and oxygen atoms in total. The summed E-state index contributed by atoms with van der Waals surface area (Å²) in [5.41, 5.74) is 0.0970. The topological polar surface area (TPSA) is 113 Å². The van der Waals surface area contributed by atoms with Gasteiger partial charge < -0.3 is 24.8 Å². The first-order valence-electron chi connectivity index (χ1n) is 12.5. The fraction of sp³-hybridized carbons (Fsp3) is 0.333. The number of aliphatic carboxylic acids is 1. The SMILES string of the molecule is CCc1cc(C(CO)C(=O)O)ccc1-c1ccc(OCc2ccc(C(F)(F)F)c(O)c2C(=O)OC(C)(C)C)cc1. The molecule has 0 heterocycles. The van der Waals surface area contributed by atoms with Gasteiger partial charge in [0.25, 0.3) is 0 Å². The number of phenolic OH excluding ortho intramolecular Hbond substituents is 1. The second kappa shape index (κ2) is 12.0. The predicted molar refractivity (Wildman–Crippen MR) is 141 cm³/mol. The number of aryl methyl sites for hydroxylation is 1. The first-order chi connectivity index (χ1) is 18.7. The Hall–Kier alpha value is -4.05. The van der Waals surface area contributed by atoms with Crippen molar-refractivity contribution < 1.29 is 47.6 Å². The van der Waals surface area contributed by atoms with E-state index in [0.29, 0.717) is 23.8 Å². The molecule has 3 rings (SSSR count). The van der Waals surface area contributed by atoms with Gasteiger partial charge in [-0.15, -0.1) is 0 Å². The molecule has 0 aliphatic carbocycles. The third-order valence-electron chi connectivity index (χ3n) is 6.13. The minimum absolute atomic E-state index is 0.0181. The summed E-state index contributed by atoms with van der Waals surface area (Å²) in [6, 6.07) is 13.8. The minimum atomic E-state index is -4.88. The Kier molecular flexibility index (Phi) is 9.14. The van der Waals surface area contributed by atoms with Crippen molar-refractivity contribution in [3.63, 3.8) is 0 Å². The first kappa shape index (κ1) is 30.5. The van der Waals surface area contributed by atoms with Crippen LogP contribution < -0.4 is 4.74 Å². The van der Waals surface area contributed by atoms with Crippen LogP contribution in [-0.4, -0.2) is 39.5 Å². The molecule has 0 aromatic heterocycles. The number of carbonyl (C=O) groups excluding carboxylic acids is 1. The largest absolute Gasteiger partial charge is 0.506 e. The number of aliphatic hydroxyl groups excluding tert-OH is 1. The van der Waals surface area contributed by atoms with Gasteiger partial charge in [0.2, 0.25) is 0 Å². The molecule has 3 N–H and O–H groups in total. The number of benzene rings is 3. The smallest absolute Gasteiger partial charge is 0.419 e. The highest BCUT2D eigenvalue weighted by atomic mass is 19.4. The van der Waals surface area contributed by atoms with E-state index in [1.54, 1.807) is 63.2 Å². The number of halogens is 3. The molecule has 1 unspecified atom stereocenters. The Morgan fingerprint density at radius 2 is 1.60 bits per heavy atom. The Bertz CT molecular complexity index is 1370. The van der Waals surface area contributed by atoms with Crippen LogP contribution in [0.3, 0.4) is 0 Å². The summed E-state index contributed by atoms with van der Waals surface area (Å²) in [4.78, 5) is 24.1. The van der Waals surface area contributed by atoms with Gasteiger partial charge in [-0.25, -0.2) is 4.79 Å². The fourth-order valence-corrected chi connectivity index (χ4v) is 4.16. The summed E-state index contributed by atoms with van der Waals surface area (Å²) >= 11 is 0. The molecule has 0 radical (unpaired) electrons. The average molecular weight is 561 g/mol. The zero-order valence-electron chi connectivity index (χ0n) is 22.5. The molecule has 0 spiro atoms. The van der Waals surface area contributed by atoms with Gasteiger partial charge in [-0.1, -0.05) is 43.3 Å². The molecule has 40 heavy (non-hydrogen) atoms. The van der Waals surface area contributed by atoms with E-state index in [1.807, 2.05) is 6.92 Å². The molecule has 10 heteroatoms. The first-order valence-corrected chi connectivity index (χ1v) is 12.5. The van der Waals surface area contributed by atoms with Gasteiger partial charge >= 0.3 is 18.1 Å². The number of hydrogen-bond donors (Lipinski definition) is 3. The Labute approximate surface area is 229 Å². The van der Waals surface area contributed by atoms with E-state index in [1.165, 1.54) is 0 Å². The molecule has 0 aliphatic heterocycles. The highest BCUT2D eigenvalue weighted by Crippen LogP contribution is 2.40. The second-order valence-corrected chi connectivity index (χ2v) is 10.2. The summed E-state index contributed by atoms with van der Waals surface area (Å²) in [6.07, 6.45) is -4.26. The molecular weight excluding hydrogens is 529 g/mol. The van der Waals surface area contributed by atoms with E-state index >= 15 is 0 Å². The summed E-state index contributed by atoms with van der Waals surface area (Å²) in [5.74, 6) is -4.11. The number of phenols is 1. The standard InChI is InChI=1S/C30H31F3O7/c1-5-17-14-19(23(15-34)27(36)37)8-12-22(17)18-6-10-21(11-7-18)39-16-20-9-13-24(30(31,32)33)26(35)25(20)28(38)40-29(2,3)4/h6-14,23,34-35H,5,15-16H2,1-4H3,(H,36,37). The number of rotatable bonds is 9. The van der Waals surface area contributed by atoms with Crippen molar-refractivity contribution in [1.29, 1.82) is 0 Å². The quantitative estimate of drug-likeness (QED) is 0.262. The predicted octanol–water partition coefficient (Wildman–Crippen LogP) is 6.34. The van der Waals surface area contributed by atoms with Gasteiger partial charge in [-0.05, 0) is 67.6 Å². The third-order valence-corrected chi connectivity index (χ3v) is 6.13. The molecule has 0 aliphatic rings. The van der Waals surface area contributed by atoms with Gasteiger partial charge in [0.1, 0.15) is 35.2 Å². The summed E-state index contributed by atoms with van der Waals surface area (Å²) in [6.45, 7) is 5.77. The van der Waals surface area contributed by atoms with Crippen LogP contribution in [-0.2, 0) is 28.7 Å². The lowest BCUT2D eigenvalue weighted by Crippen LogP contribution is -2.25. The van der Waals surface area contributed by atoms with Crippen molar-refractivity contribution in [3.8, 4) is 22.6 Å². The van der Waals surface area contributed by atoms with Crippen LogP contribution in [0.5, 0.6) is 11.5 Å². The molecule has 3 aromatic carbocycles. The normalized spacial score (nSPS) is 12.6. The summed E-state index contributed by atoms with van der Waals surface area (Å²) < 4.78 is 51.1. The number of aliphatic hydroxyl groups is 1. The number of esters is 1. The number of ether oxygens (including phenoxy) is 2. The minimum Gasteiger partial charge on any atom is -0.506 e. The van der Waals surface area contributed by atoms with Gasteiger partial charge in [-0.2, -0.15) is 13.2 Å². The van der Waals surface area contributed by atoms with Gasteiger partial charge in [0.05, 0.1) is 12.2 Å². The number of carboxylic acids is 1. The van der Waals surface area contributed by atoms with E-state index in [0.717, 1.165) is 22.8 Å². The average Bonchev–Trinajstić information content (AvgIpc) is 2.86. The Balaban J connectivity index is 1.87. The Morgan fingerprint density at radius 3 is 2.12 bits per heavy atom. The molecular formula is C30H31F3O7. The van der Waals surface area contributed by atoms with Crippen LogP contribution in [0.15, 0.2) is 54.6 Å². The van der Waals surface area contributed by atoms with E-state index in [4.69, 9.17) is 9.47 Å². The monoisotopic (exact) mass is 560 g/mol. The molecule has 0 amide bonds. The van der Waals surface area contributed by atoms with Crippen LogP contribution >= 0.6 is 0 Å². The van der Waals surface area contributed by atoms with E-state index < -0.39 is 53.1 Å². The van der Waals surface area contributed by atoms with Crippen LogP contribution in [0, 0.1) is 0 Å².